The fourth-order valence-electron chi connectivity index (χ4n) is 2.21. The molecule has 0 radical (unpaired) electrons. The zero-order valence-electron chi connectivity index (χ0n) is 11.7. The number of thiophene rings is 1. The van der Waals surface area contributed by atoms with Crippen molar-refractivity contribution in [3.05, 3.63) is 60.8 Å². The maximum atomic E-state index is 11.4. The second-order valence-corrected chi connectivity index (χ2v) is 6.30. The van der Waals surface area contributed by atoms with Crippen LogP contribution < -0.4 is 16.4 Å². The normalized spacial score (nSPS) is 12.5. The highest BCUT2D eigenvalue weighted by atomic mass is 32.1. The number of aromatic amines is 2. The van der Waals surface area contributed by atoms with Crippen LogP contribution in [0.15, 0.2) is 39.9 Å². The zero-order valence-corrected chi connectivity index (χ0v) is 12.5. The van der Waals surface area contributed by atoms with E-state index < -0.39 is 11.1 Å². The quantitative estimate of drug-likeness (QED) is 0.651. The molecule has 0 bridgehead atoms. The van der Waals surface area contributed by atoms with Crippen LogP contribution in [0.2, 0.25) is 0 Å². The molecule has 0 spiro atoms. The van der Waals surface area contributed by atoms with E-state index in [1.165, 1.54) is 9.75 Å². The van der Waals surface area contributed by atoms with E-state index in [0.29, 0.717) is 11.0 Å². The second-order valence-electron chi connectivity index (χ2n) is 4.98. The van der Waals surface area contributed by atoms with Gasteiger partial charge < -0.3 is 15.3 Å². The van der Waals surface area contributed by atoms with E-state index >= 15 is 0 Å². The summed E-state index contributed by atoms with van der Waals surface area (Å²) in [5, 5.41) is 3.39. The van der Waals surface area contributed by atoms with Gasteiger partial charge in [0, 0.05) is 15.4 Å². The van der Waals surface area contributed by atoms with E-state index in [4.69, 9.17) is 0 Å². The number of hydrogen-bond donors (Lipinski definition) is 3. The molecule has 5 nitrogen and oxygen atoms in total. The molecule has 21 heavy (non-hydrogen) atoms. The van der Waals surface area contributed by atoms with Crippen molar-refractivity contribution in [1.82, 2.24) is 9.97 Å². The van der Waals surface area contributed by atoms with Crippen LogP contribution in [0.3, 0.4) is 0 Å². The van der Waals surface area contributed by atoms with Crippen molar-refractivity contribution < 1.29 is 0 Å². The maximum Gasteiger partial charge on any atom is 0.314 e. The average Bonchev–Trinajstić information content (AvgIpc) is 2.87. The Bertz CT molecular complexity index is 907. The molecule has 3 N–H and O–H groups in total. The van der Waals surface area contributed by atoms with Crippen molar-refractivity contribution in [2.75, 3.05) is 5.32 Å². The smallest absolute Gasteiger partial charge is 0.314 e. The van der Waals surface area contributed by atoms with Gasteiger partial charge in [-0.25, -0.2) is 0 Å². The summed E-state index contributed by atoms with van der Waals surface area (Å²) in [6.07, 6.45) is 0. The molecule has 0 amide bonds. The Morgan fingerprint density at radius 1 is 1.05 bits per heavy atom. The summed E-state index contributed by atoms with van der Waals surface area (Å²) in [4.78, 5) is 30.3. The Labute approximate surface area is 124 Å². The molecule has 0 aliphatic heterocycles. The van der Waals surface area contributed by atoms with Crippen molar-refractivity contribution in [3.8, 4) is 0 Å². The number of H-pyrrole nitrogens is 2. The highest BCUT2D eigenvalue weighted by molar-refractivity contribution is 7.12. The van der Waals surface area contributed by atoms with Crippen LogP contribution in [0.4, 0.5) is 5.69 Å². The fourth-order valence-corrected chi connectivity index (χ4v) is 3.09. The minimum Gasteiger partial charge on any atom is -0.378 e. The SMILES string of the molecule is Cc1ccc(C(C)Nc2ccc3[nH]c(=O)c(=O)[nH]c3c2)s1. The molecule has 0 saturated carbocycles. The van der Waals surface area contributed by atoms with Crippen molar-refractivity contribution in [1.29, 1.82) is 0 Å². The molecular formula is C15H15N3O2S. The van der Waals surface area contributed by atoms with Crippen molar-refractivity contribution >= 4 is 28.1 Å². The summed E-state index contributed by atoms with van der Waals surface area (Å²) in [7, 11) is 0. The summed E-state index contributed by atoms with van der Waals surface area (Å²) < 4.78 is 0. The van der Waals surface area contributed by atoms with E-state index in [2.05, 4.69) is 41.3 Å². The van der Waals surface area contributed by atoms with Crippen molar-refractivity contribution in [2.45, 2.75) is 19.9 Å². The topological polar surface area (TPSA) is 77.8 Å². The zero-order chi connectivity index (χ0) is 15.0. The number of anilines is 1. The Hall–Kier alpha value is -2.34. The summed E-state index contributed by atoms with van der Waals surface area (Å²) >= 11 is 1.76. The lowest BCUT2D eigenvalue weighted by atomic mass is 10.2. The molecule has 0 aliphatic carbocycles. The number of hydrogen-bond acceptors (Lipinski definition) is 4. The predicted molar refractivity (Wildman–Crippen MR) is 86.3 cm³/mol. The van der Waals surface area contributed by atoms with E-state index in [0.717, 1.165) is 5.69 Å². The van der Waals surface area contributed by atoms with Crippen LogP contribution in [0.1, 0.15) is 22.7 Å². The minimum atomic E-state index is -0.637. The van der Waals surface area contributed by atoms with E-state index in [1.54, 1.807) is 17.4 Å². The van der Waals surface area contributed by atoms with E-state index in [9.17, 15) is 9.59 Å². The molecule has 1 atom stereocenters. The third kappa shape index (κ3) is 2.75. The molecule has 108 valence electrons. The van der Waals surface area contributed by atoms with Crippen LogP contribution in [0.25, 0.3) is 11.0 Å². The summed E-state index contributed by atoms with van der Waals surface area (Å²) in [5.41, 5.74) is 0.847. The van der Waals surface area contributed by atoms with E-state index in [-0.39, 0.29) is 6.04 Å². The molecule has 2 heterocycles. The minimum absolute atomic E-state index is 0.177. The monoisotopic (exact) mass is 301 g/mol. The predicted octanol–water partition coefficient (Wildman–Crippen LogP) is 2.76. The number of aryl methyl sites for hydroxylation is 1. The van der Waals surface area contributed by atoms with Crippen LogP contribution >= 0.6 is 11.3 Å². The summed E-state index contributed by atoms with van der Waals surface area (Å²) in [5.74, 6) is 0. The van der Waals surface area contributed by atoms with Crippen molar-refractivity contribution in [3.63, 3.8) is 0 Å². The lowest BCUT2D eigenvalue weighted by molar-refractivity contribution is 0.908. The van der Waals surface area contributed by atoms with Gasteiger partial charge in [-0.1, -0.05) is 0 Å². The number of nitrogens with one attached hydrogen (secondary N) is 3. The second kappa shape index (κ2) is 5.21. The molecule has 1 unspecified atom stereocenters. The van der Waals surface area contributed by atoms with E-state index in [1.807, 2.05) is 12.1 Å². The molecule has 1 aromatic carbocycles. The number of fused-ring (bicyclic) bond motifs is 1. The van der Waals surface area contributed by atoms with Gasteiger partial charge in [0.05, 0.1) is 17.1 Å². The van der Waals surface area contributed by atoms with Gasteiger partial charge in [0.1, 0.15) is 0 Å². The summed E-state index contributed by atoms with van der Waals surface area (Å²) in [6.45, 7) is 4.17. The molecule has 0 saturated heterocycles. The molecule has 3 rings (SSSR count). The van der Waals surface area contributed by atoms with Crippen LogP contribution in [0, 0.1) is 6.92 Å². The first-order valence-corrected chi connectivity index (χ1v) is 7.44. The largest absolute Gasteiger partial charge is 0.378 e. The van der Waals surface area contributed by atoms with Gasteiger partial charge >= 0.3 is 11.1 Å². The number of rotatable bonds is 3. The molecule has 2 aromatic heterocycles. The van der Waals surface area contributed by atoms with Crippen molar-refractivity contribution in [2.24, 2.45) is 0 Å². The first kappa shape index (κ1) is 13.6. The first-order valence-electron chi connectivity index (χ1n) is 6.62. The summed E-state index contributed by atoms with van der Waals surface area (Å²) in [6, 6.07) is 9.87. The van der Waals surface area contributed by atoms with Crippen LogP contribution in [-0.2, 0) is 0 Å². The average molecular weight is 301 g/mol. The highest BCUT2D eigenvalue weighted by Crippen LogP contribution is 2.26. The molecular weight excluding hydrogens is 286 g/mol. The van der Waals surface area contributed by atoms with Gasteiger partial charge in [0.15, 0.2) is 0 Å². The third-order valence-electron chi connectivity index (χ3n) is 3.29. The lowest BCUT2D eigenvalue weighted by Gasteiger charge is -2.14. The Kier molecular flexibility index (Phi) is 3.39. The third-order valence-corrected chi connectivity index (χ3v) is 4.48. The molecule has 0 aliphatic rings. The lowest BCUT2D eigenvalue weighted by Crippen LogP contribution is -2.28. The standard InChI is InChI=1S/C15H15N3O2S/c1-8-3-6-13(21-8)9(2)16-10-4-5-11-12(7-10)18-15(20)14(19)17-11/h3-7,9,16H,1-2H3,(H,17,19)(H,18,20). The fraction of sp³-hybridized carbons (Fsp3) is 0.200. The van der Waals surface area contributed by atoms with Gasteiger partial charge in [-0.15, -0.1) is 11.3 Å². The van der Waals surface area contributed by atoms with Gasteiger partial charge in [-0.05, 0) is 44.2 Å². The number of benzene rings is 1. The van der Waals surface area contributed by atoms with Gasteiger partial charge in [-0.3, -0.25) is 9.59 Å². The van der Waals surface area contributed by atoms with Gasteiger partial charge in [0.25, 0.3) is 0 Å². The van der Waals surface area contributed by atoms with Gasteiger partial charge in [0.2, 0.25) is 0 Å². The van der Waals surface area contributed by atoms with Crippen LogP contribution in [0.5, 0.6) is 0 Å². The first-order chi connectivity index (χ1) is 10.0. The maximum absolute atomic E-state index is 11.4. The number of aromatic nitrogens is 2. The molecule has 0 fully saturated rings. The molecule has 3 aromatic rings. The Morgan fingerprint density at radius 3 is 2.43 bits per heavy atom. The Morgan fingerprint density at radius 2 is 1.76 bits per heavy atom. The van der Waals surface area contributed by atoms with Gasteiger partial charge in [-0.2, -0.15) is 0 Å². The van der Waals surface area contributed by atoms with Crippen LogP contribution in [-0.4, -0.2) is 9.97 Å². The highest BCUT2D eigenvalue weighted by Gasteiger charge is 2.08. The Balaban J connectivity index is 1.92. The molecule has 6 heteroatoms.